The Labute approximate surface area is 185 Å². The van der Waals surface area contributed by atoms with Gasteiger partial charge in [0.15, 0.2) is 4.77 Å². The first-order valence-electron chi connectivity index (χ1n) is 10.2. The van der Waals surface area contributed by atoms with Crippen molar-refractivity contribution in [2.24, 2.45) is 0 Å². The Bertz CT molecular complexity index is 1250. The normalized spacial score (nSPS) is 10.9. The molecule has 2 aromatic heterocycles. The van der Waals surface area contributed by atoms with E-state index in [-0.39, 0.29) is 5.91 Å². The molecule has 0 aliphatic carbocycles. The molecule has 2 aromatic carbocycles. The minimum Gasteiger partial charge on any atom is -0.351 e. The first-order valence-corrected chi connectivity index (χ1v) is 10.6. The van der Waals surface area contributed by atoms with Gasteiger partial charge in [-0.05, 0) is 44.3 Å². The minimum absolute atomic E-state index is 0.170. The topological polar surface area (TPSA) is 80.5 Å². The summed E-state index contributed by atoms with van der Waals surface area (Å²) >= 11 is 5.23. The van der Waals surface area contributed by atoms with Crippen LogP contribution >= 0.6 is 12.2 Å². The zero-order valence-electron chi connectivity index (χ0n) is 17.5. The van der Waals surface area contributed by atoms with E-state index in [2.05, 4.69) is 15.5 Å². The van der Waals surface area contributed by atoms with Crippen molar-refractivity contribution < 1.29 is 4.79 Å². The summed E-state index contributed by atoms with van der Waals surface area (Å²) in [7, 11) is 0. The summed E-state index contributed by atoms with van der Waals surface area (Å²) in [5, 5.41) is 14.8. The van der Waals surface area contributed by atoms with Gasteiger partial charge in [-0.25, -0.2) is 4.68 Å². The SMILES string of the molecule is CCn1c(CCNC(=O)c2cn(-c3ccccc3)nc2-c2cccc(C)c2)n[nH]c1=S. The maximum Gasteiger partial charge on any atom is 0.255 e. The van der Waals surface area contributed by atoms with Crippen molar-refractivity contribution in [2.75, 3.05) is 6.54 Å². The van der Waals surface area contributed by atoms with Crippen LogP contribution < -0.4 is 5.32 Å². The molecule has 4 rings (SSSR count). The van der Waals surface area contributed by atoms with Crippen LogP contribution in [0.4, 0.5) is 0 Å². The van der Waals surface area contributed by atoms with Gasteiger partial charge < -0.3 is 9.88 Å². The number of nitrogens with one attached hydrogen (secondary N) is 2. The Morgan fingerprint density at radius 3 is 2.71 bits per heavy atom. The number of hydrogen-bond acceptors (Lipinski definition) is 4. The van der Waals surface area contributed by atoms with Crippen LogP contribution in [0.3, 0.4) is 0 Å². The van der Waals surface area contributed by atoms with Crippen molar-refractivity contribution in [3.8, 4) is 16.9 Å². The molecule has 0 radical (unpaired) electrons. The molecule has 8 heteroatoms. The number of carbonyl (C=O) groups is 1. The van der Waals surface area contributed by atoms with Gasteiger partial charge in [-0.3, -0.25) is 9.89 Å². The first-order chi connectivity index (χ1) is 15.1. The Kier molecular flexibility index (Phi) is 6.08. The van der Waals surface area contributed by atoms with Crippen LogP contribution in [-0.2, 0) is 13.0 Å². The summed E-state index contributed by atoms with van der Waals surface area (Å²) in [5.41, 5.74) is 4.10. The second kappa shape index (κ2) is 9.09. The van der Waals surface area contributed by atoms with Crippen LogP contribution in [0.15, 0.2) is 60.8 Å². The highest BCUT2D eigenvalue weighted by Gasteiger charge is 2.19. The number of aromatic nitrogens is 5. The lowest BCUT2D eigenvalue weighted by atomic mass is 10.1. The van der Waals surface area contributed by atoms with Gasteiger partial charge in [0.25, 0.3) is 5.91 Å². The Morgan fingerprint density at radius 1 is 1.16 bits per heavy atom. The van der Waals surface area contributed by atoms with Gasteiger partial charge >= 0.3 is 0 Å². The standard InChI is InChI=1S/C23H24N6OS/c1-3-28-20(25-26-23(28)31)12-13-24-22(30)19-15-29(18-10-5-4-6-11-18)27-21(19)17-9-7-8-16(2)14-17/h4-11,14-15H,3,12-13H2,1-2H3,(H,24,30)(H,26,31). The number of H-pyrrole nitrogens is 1. The second-order valence-corrected chi connectivity index (χ2v) is 7.62. The van der Waals surface area contributed by atoms with Crippen molar-refractivity contribution >= 4 is 18.1 Å². The fraction of sp³-hybridized carbons (Fsp3) is 0.217. The highest BCUT2D eigenvalue weighted by atomic mass is 32.1. The van der Waals surface area contributed by atoms with Gasteiger partial charge in [-0.1, -0.05) is 42.0 Å². The van der Waals surface area contributed by atoms with E-state index in [9.17, 15) is 4.79 Å². The van der Waals surface area contributed by atoms with Crippen LogP contribution in [0.25, 0.3) is 16.9 Å². The van der Waals surface area contributed by atoms with E-state index in [0.29, 0.717) is 29.0 Å². The summed E-state index contributed by atoms with van der Waals surface area (Å²) in [6, 6.07) is 17.8. The molecule has 0 aliphatic heterocycles. The predicted octanol–water partition coefficient (Wildman–Crippen LogP) is 4.09. The number of para-hydroxylation sites is 1. The molecule has 0 fully saturated rings. The van der Waals surface area contributed by atoms with Crippen molar-refractivity contribution in [1.82, 2.24) is 29.9 Å². The molecule has 0 aliphatic rings. The molecule has 4 aromatic rings. The first kappa shape index (κ1) is 20.7. The third-order valence-electron chi connectivity index (χ3n) is 5.06. The highest BCUT2D eigenvalue weighted by molar-refractivity contribution is 7.71. The van der Waals surface area contributed by atoms with Crippen molar-refractivity contribution in [3.05, 3.63) is 82.5 Å². The van der Waals surface area contributed by atoms with Gasteiger partial charge in [0, 0.05) is 31.3 Å². The lowest BCUT2D eigenvalue weighted by Gasteiger charge is -2.07. The number of amides is 1. The molecule has 31 heavy (non-hydrogen) atoms. The number of hydrogen-bond donors (Lipinski definition) is 2. The van der Waals surface area contributed by atoms with E-state index in [1.807, 2.05) is 73.0 Å². The summed E-state index contributed by atoms with van der Waals surface area (Å²) in [4.78, 5) is 13.1. The quantitative estimate of drug-likeness (QED) is 0.431. The third-order valence-corrected chi connectivity index (χ3v) is 5.37. The third kappa shape index (κ3) is 4.49. The Morgan fingerprint density at radius 2 is 1.97 bits per heavy atom. The number of aromatic amines is 1. The zero-order valence-corrected chi connectivity index (χ0v) is 18.3. The maximum absolute atomic E-state index is 13.1. The van der Waals surface area contributed by atoms with Crippen molar-refractivity contribution in [2.45, 2.75) is 26.8 Å². The van der Waals surface area contributed by atoms with E-state index in [0.717, 1.165) is 29.2 Å². The molecule has 1 amide bonds. The van der Waals surface area contributed by atoms with E-state index < -0.39 is 0 Å². The second-order valence-electron chi connectivity index (χ2n) is 7.24. The highest BCUT2D eigenvalue weighted by Crippen LogP contribution is 2.24. The van der Waals surface area contributed by atoms with Crippen LogP contribution in [-0.4, -0.2) is 37.0 Å². The molecule has 0 bridgehead atoms. The van der Waals surface area contributed by atoms with Gasteiger partial charge in [0.2, 0.25) is 0 Å². The molecule has 7 nitrogen and oxygen atoms in total. The van der Waals surface area contributed by atoms with Crippen LogP contribution in [0, 0.1) is 11.7 Å². The summed E-state index contributed by atoms with van der Waals surface area (Å²) < 4.78 is 4.26. The molecule has 2 heterocycles. The largest absolute Gasteiger partial charge is 0.351 e. The van der Waals surface area contributed by atoms with E-state index in [1.165, 1.54) is 0 Å². The molecule has 158 valence electrons. The maximum atomic E-state index is 13.1. The van der Waals surface area contributed by atoms with Gasteiger partial charge in [-0.2, -0.15) is 10.2 Å². The van der Waals surface area contributed by atoms with E-state index in [1.54, 1.807) is 10.9 Å². The molecule has 0 spiro atoms. The van der Waals surface area contributed by atoms with E-state index >= 15 is 0 Å². The molecule has 0 saturated carbocycles. The predicted molar refractivity (Wildman–Crippen MR) is 123 cm³/mol. The van der Waals surface area contributed by atoms with Gasteiger partial charge in [0.1, 0.15) is 11.5 Å². The van der Waals surface area contributed by atoms with Crippen LogP contribution in [0.5, 0.6) is 0 Å². The minimum atomic E-state index is -0.170. The van der Waals surface area contributed by atoms with Gasteiger partial charge in [0.05, 0.1) is 11.3 Å². The fourth-order valence-corrected chi connectivity index (χ4v) is 3.79. The summed E-state index contributed by atoms with van der Waals surface area (Å²) in [6.07, 6.45) is 2.36. The molecule has 0 atom stereocenters. The van der Waals surface area contributed by atoms with Gasteiger partial charge in [-0.15, -0.1) is 0 Å². The molecular weight excluding hydrogens is 408 g/mol. The van der Waals surface area contributed by atoms with Crippen molar-refractivity contribution in [1.29, 1.82) is 0 Å². The number of benzene rings is 2. The van der Waals surface area contributed by atoms with Crippen LogP contribution in [0.1, 0.15) is 28.7 Å². The average Bonchev–Trinajstić information content (AvgIpc) is 3.38. The van der Waals surface area contributed by atoms with Crippen molar-refractivity contribution in [3.63, 3.8) is 0 Å². The number of rotatable bonds is 7. The van der Waals surface area contributed by atoms with Crippen LogP contribution in [0.2, 0.25) is 0 Å². The monoisotopic (exact) mass is 432 g/mol. The number of nitrogens with zero attached hydrogens (tertiary/aromatic N) is 4. The molecule has 0 saturated heterocycles. The molecular formula is C23H24N6OS. The lowest BCUT2D eigenvalue weighted by Crippen LogP contribution is -2.26. The summed E-state index contributed by atoms with van der Waals surface area (Å²) in [5.74, 6) is 0.655. The Balaban J connectivity index is 1.60. The number of aryl methyl sites for hydroxylation is 1. The van der Waals surface area contributed by atoms with E-state index in [4.69, 9.17) is 17.3 Å². The zero-order chi connectivity index (χ0) is 21.8. The molecule has 2 N–H and O–H groups in total. The number of carbonyl (C=O) groups excluding carboxylic acids is 1. The fourth-order valence-electron chi connectivity index (χ4n) is 3.51. The smallest absolute Gasteiger partial charge is 0.255 e. The lowest BCUT2D eigenvalue weighted by molar-refractivity contribution is 0.0954. The Hall–Kier alpha value is -3.52. The average molecular weight is 433 g/mol. The molecule has 0 unspecified atom stereocenters. The summed E-state index contributed by atoms with van der Waals surface area (Å²) in [6.45, 7) is 5.22.